The van der Waals surface area contributed by atoms with Crippen molar-refractivity contribution in [2.24, 2.45) is 5.92 Å². The minimum absolute atomic E-state index is 0.0729. The molecule has 1 aromatic heterocycles. The molecule has 0 aliphatic heterocycles. The first-order chi connectivity index (χ1) is 10.3. The molecule has 1 aromatic rings. The lowest BCUT2D eigenvalue weighted by Crippen LogP contribution is -2.26. The fourth-order valence-corrected chi connectivity index (χ4v) is 3.31. The normalized spacial score (nSPS) is 12.7. The molecule has 1 heterocycles. The molecule has 1 unspecified atom stereocenters. The van der Waals surface area contributed by atoms with Crippen LogP contribution in [-0.4, -0.2) is 34.7 Å². The lowest BCUT2D eigenvalue weighted by Gasteiger charge is -2.18. The first kappa shape index (κ1) is 21.8. The summed E-state index contributed by atoms with van der Waals surface area (Å²) in [7, 11) is 5.29. The SMILES string of the molecule is CC(C)CCC(C)SSc1ccccn1.COC(C)(C)CO. The van der Waals surface area contributed by atoms with Gasteiger partial charge in [-0.15, -0.1) is 0 Å². The van der Waals surface area contributed by atoms with Crippen molar-refractivity contribution in [1.29, 1.82) is 0 Å². The van der Waals surface area contributed by atoms with Crippen LogP contribution >= 0.6 is 21.6 Å². The Kier molecular flexibility index (Phi) is 12.1. The fourth-order valence-electron chi connectivity index (χ4n) is 1.21. The van der Waals surface area contributed by atoms with E-state index in [1.165, 1.54) is 12.8 Å². The zero-order chi connectivity index (χ0) is 17.0. The number of hydrogen-bond donors (Lipinski definition) is 1. The third-order valence-corrected chi connectivity index (χ3v) is 5.88. The second kappa shape index (κ2) is 12.2. The Morgan fingerprint density at radius 1 is 1.23 bits per heavy atom. The third-order valence-electron chi connectivity index (χ3n) is 3.02. The highest BCUT2D eigenvalue weighted by molar-refractivity contribution is 8.76. The molecule has 0 fully saturated rings. The summed E-state index contributed by atoms with van der Waals surface area (Å²) in [6, 6.07) is 6.05. The number of nitrogens with zero attached hydrogens (tertiary/aromatic N) is 1. The fraction of sp³-hybridized carbons (Fsp3) is 0.706. The van der Waals surface area contributed by atoms with Crippen LogP contribution in [0.25, 0.3) is 0 Å². The van der Waals surface area contributed by atoms with Crippen LogP contribution in [0.5, 0.6) is 0 Å². The van der Waals surface area contributed by atoms with E-state index in [0.29, 0.717) is 5.25 Å². The molecule has 3 nitrogen and oxygen atoms in total. The topological polar surface area (TPSA) is 42.4 Å². The molecule has 22 heavy (non-hydrogen) atoms. The molecular formula is C17H31NO2S2. The van der Waals surface area contributed by atoms with Crippen LogP contribution in [0.15, 0.2) is 29.4 Å². The summed E-state index contributed by atoms with van der Waals surface area (Å²) < 4.78 is 4.84. The number of methoxy groups -OCH3 is 1. The minimum atomic E-state index is -0.361. The van der Waals surface area contributed by atoms with Crippen molar-refractivity contribution in [2.75, 3.05) is 13.7 Å². The van der Waals surface area contributed by atoms with Gasteiger partial charge in [0.15, 0.2) is 0 Å². The zero-order valence-corrected chi connectivity index (χ0v) is 16.3. The van der Waals surface area contributed by atoms with Crippen LogP contribution in [0.4, 0.5) is 0 Å². The Morgan fingerprint density at radius 3 is 2.32 bits per heavy atom. The van der Waals surface area contributed by atoms with Gasteiger partial charge < -0.3 is 9.84 Å². The maximum Gasteiger partial charge on any atom is 0.106 e. The molecule has 0 radical (unpaired) electrons. The highest BCUT2D eigenvalue weighted by atomic mass is 33.1. The van der Waals surface area contributed by atoms with Crippen LogP contribution in [0.1, 0.15) is 47.5 Å². The van der Waals surface area contributed by atoms with E-state index in [4.69, 9.17) is 9.84 Å². The molecule has 0 aliphatic rings. The Morgan fingerprint density at radius 2 is 1.91 bits per heavy atom. The zero-order valence-electron chi connectivity index (χ0n) is 14.7. The summed E-state index contributed by atoms with van der Waals surface area (Å²) in [5.41, 5.74) is -0.361. The van der Waals surface area contributed by atoms with Gasteiger partial charge in [-0.1, -0.05) is 37.6 Å². The number of ether oxygens (including phenoxy) is 1. The number of pyridine rings is 1. The average Bonchev–Trinajstić information content (AvgIpc) is 2.52. The van der Waals surface area contributed by atoms with Crippen LogP contribution in [0.3, 0.4) is 0 Å². The van der Waals surface area contributed by atoms with Crippen molar-refractivity contribution in [3.8, 4) is 0 Å². The van der Waals surface area contributed by atoms with Gasteiger partial charge >= 0.3 is 0 Å². The summed E-state index contributed by atoms with van der Waals surface area (Å²) in [6.07, 6.45) is 4.46. The van der Waals surface area contributed by atoms with E-state index >= 15 is 0 Å². The molecule has 128 valence electrons. The Balaban J connectivity index is 0.000000534. The van der Waals surface area contributed by atoms with Crippen LogP contribution in [0.2, 0.25) is 0 Å². The molecule has 5 heteroatoms. The van der Waals surface area contributed by atoms with Gasteiger partial charge in [0.2, 0.25) is 0 Å². The van der Waals surface area contributed by atoms with Crippen molar-refractivity contribution in [3.63, 3.8) is 0 Å². The number of rotatable bonds is 8. The minimum Gasteiger partial charge on any atom is -0.393 e. The van der Waals surface area contributed by atoms with Crippen LogP contribution in [-0.2, 0) is 4.74 Å². The highest BCUT2D eigenvalue weighted by Gasteiger charge is 2.12. The molecule has 0 spiro atoms. The first-order valence-corrected chi connectivity index (χ1v) is 9.92. The molecular weight excluding hydrogens is 314 g/mol. The van der Waals surface area contributed by atoms with E-state index in [1.807, 2.05) is 43.0 Å². The van der Waals surface area contributed by atoms with E-state index in [2.05, 4.69) is 31.8 Å². The van der Waals surface area contributed by atoms with E-state index in [1.54, 1.807) is 17.9 Å². The summed E-state index contributed by atoms with van der Waals surface area (Å²) in [5.74, 6) is 0.813. The largest absolute Gasteiger partial charge is 0.393 e. The standard InChI is InChI=1S/C12H19NS2.C5H12O2/c1-10(2)7-8-11(3)14-15-12-6-4-5-9-13-12;1-5(2,4-6)7-3/h4-6,9-11H,7-8H2,1-3H3;6H,4H2,1-3H3. The van der Waals surface area contributed by atoms with E-state index in [0.717, 1.165) is 10.9 Å². The Bertz CT molecular complexity index is 366. The van der Waals surface area contributed by atoms with Crippen LogP contribution < -0.4 is 0 Å². The monoisotopic (exact) mass is 345 g/mol. The summed E-state index contributed by atoms with van der Waals surface area (Å²) in [4.78, 5) is 4.29. The predicted molar refractivity (Wildman–Crippen MR) is 99.4 cm³/mol. The molecule has 1 atom stereocenters. The summed E-state index contributed by atoms with van der Waals surface area (Å²) in [5, 5.41) is 10.3. The van der Waals surface area contributed by atoms with Gasteiger partial charge in [-0.2, -0.15) is 0 Å². The lowest BCUT2D eigenvalue weighted by atomic mass is 10.1. The number of aromatic nitrogens is 1. The molecule has 0 saturated heterocycles. The van der Waals surface area contributed by atoms with Gasteiger partial charge in [0.25, 0.3) is 0 Å². The van der Waals surface area contributed by atoms with E-state index in [-0.39, 0.29) is 12.2 Å². The summed E-state index contributed by atoms with van der Waals surface area (Å²) >= 11 is 0. The number of hydrogen-bond acceptors (Lipinski definition) is 5. The van der Waals surface area contributed by atoms with Gasteiger partial charge in [-0.05, 0) is 55.5 Å². The Labute approximate surface area is 144 Å². The highest BCUT2D eigenvalue weighted by Crippen LogP contribution is 2.34. The van der Waals surface area contributed by atoms with Crippen molar-refractivity contribution in [2.45, 2.75) is 63.3 Å². The number of aliphatic hydroxyl groups excluding tert-OH is 1. The molecule has 0 aliphatic carbocycles. The van der Waals surface area contributed by atoms with Gasteiger partial charge in [0.05, 0.1) is 12.2 Å². The second-order valence-electron chi connectivity index (χ2n) is 6.25. The van der Waals surface area contributed by atoms with Crippen molar-refractivity contribution < 1.29 is 9.84 Å². The van der Waals surface area contributed by atoms with Crippen molar-refractivity contribution >= 4 is 21.6 Å². The Hall–Kier alpha value is -0.230. The second-order valence-corrected chi connectivity index (χ2v) is 8.91. The van der Waals surface area contributed by atoms with Crippen molar-refractivity contribution in [1.82, 2.24) is 4.98 Å². The lowest BCUT2D eigenvalue weighted by molar-refractivity contribution is -0.0226. The molecule has 0 aromatic carbocycles. The molecule has 0 saturated carbocycles. The van der Waals surface area contributed by atoms with Crippen LogP contribution in [0, 0.1) is 5.92 Å². The molecule has 1 N–H and O–H groups in total. The van der Waals surface area contributed by atoms with Gasteiger partial charge in [0.1, 0.15) is 5.03 Å². The van der Waals surface area contributed by atoms with Gasteiger partial charge in [0, 0.05) is 18.6 Å². The molecule has 0 bridgehead atoms. The maximum atomic E-state index is 8.47. The average molecular weight is 346 g/mol. The van der Waals surface area contributed by atoms with Gasteiger partial charge in [-0.25, -0.2) is 4.98 Å². The quantitative estimate of drug-likeness (QED) is 0.668. The molecule has 0 amide bonds. The van der Waals surface area contributed by atoms with Crippen molar-refractivity contribution in [3.05, 3.63) is 24.4 Å². The van der Waals surface area contributed by atoms with E-state index < -0.39 is 0 Å². The summed E-state index contributed by atoms with van der Waals surface area (Å²) in [6.45, 7) is 10.6. The predicted octanol–water partition coefficient (Wildman–Crippen LogP) is 5.05. The van der Waals surface area contributed by atoms with E-state index in [9.17, 15) is 0 Å². The third kappa shape index (κ3) is 12.3. The first-order valence-electron chi connectivity index (χ1n) is 7.71. The maximum absolute atomic E-state index is 8.47. The number of aliphatic hydroxyl groups is 1. The smallest absolute Gasteiger partial charge is 0.106 e. The molecule has 1 rings (SSSR count). The van der Waals surface area contributed by atoms with Gasteiger partial charge in [-0.3, -0.25) is 0 Å².